The summed E-state index contributed by atoms with van der Waals surface area (Å²) in [5.41, 5.74) is 0.898. The van der Waals surface area contributed by atoms with Gasteiger partial charge in [0.15, 0.2) is 0 Å². The molecule has 1 aliphatic rings. The van der Waals surface area contributed by atoms with Crippen molar-refractivity contribution < 1.29 is 19.4 Å². The monoisotopic (exact) mass is 291 g/mol. The lowest BCUT2D eigenvalue weighted by molar-refractivity contribution is -0.141. The third-order valence-corrected chi connectivity index (χ3v) is 3.72. The Kier molecular flexibility index (Phi) is 5.75. The highest BCUT2D eigenvalue weighted by Gasteiger charge is 2.22. The molecule has 1 aliphatic heterocycles. The van der Waals surface area contributed by atoms with E-state index in [0.29, 0.717) is 25.4 Å². The Hall–Kier alpha value is -1.88. The second kappa shape index (κ2) is 7.78. The molecule has 2 N–H and O–H groups in total. The van der Waals surface area contributed by atoms with Gasteiger partial charge in [-0.15, -0.1) is 0 Å². The van der Waals surface area contributed by atoms with Gasteiger partial charge >= 0.3 is 5.97 Å². The van der Waals surface area contributed by atoms with Crippen molar-refractivity contribution in [1.82, 2.24) is 5.32 Å². The number of carboxylic acid groups (broad SMARTS) is 1. The third-order valence-electron chi connectivity index (χ3n) is 3.72. The fourth-order valence-corrected chi connectivity index (χ4v) is 2.46. The first kappa shape index (κ1) is 15.5. The zero-order valence-corrected chi connectivity index (χ0v) is 12.0. The van der Waals surface area contributed by atoms with Crippen molar-refractivity contribution in [2.75, 3.05) is 13.2 Å². The topological polar surface area (TPSA) is 75.6 Å². The molecule has 1 aromatic carbocycles. The van der Waals surface area contributed by atoms with Crippen molar-refractivity contribution in [2.45, 2.75) is 31.7 Å². The molecule has 1 aromatic rings. The predicted molar refractivity (Wildman–Crippen MR) is 77.9 cm³/mol. The van der Waals surface area contributed by atoms with Gasteiger partial charge in [-0.3, -0.25) is 4.79 Å². The molecule has 0 bridgehead atoms. The summed E-state index contributed by atoms with van der Waals surface area (Å²) in [4.78, 5) is 23.2. The van der Waals surface area contributed by atoms with Gasteiger partial charge < -0.3 is 15.2 Å². The zero-order valence-electron chi connectivity index (χ0n) is 12.0. The van der Waals surface area contributed by atoms with Gasteiger partial charge in [-0.2, -0.15) is 0 Å². The van der Waals surface area contributed by atoms with E-state index in [0.717, 1.165) is 25.0 Å². The van der Waals surface area contributed by atoms with Crippen molar-refractivity contribution in [1.29, 1.82) is 0 Å². The summed E-state index contributed by atoms with van der Waals surface area (Å²) in [6.45, 7) is 1.47. The molecule has 0 saturated carbocycles. The molecule has 5 nitrogen and oxygen atoms in total. The molecule has 0 radical (unpaired) electrons. The first-order chi connectivity index (χ1) is 10.1. The van der Waals surface area contributed by atoms with Gasteiger partial charge in [-0.1, -0.05) is 30.3 Å². The lowest BCUT2D eigenvalue weighted by Crippen LogP contribution is -2.42. The van der Waals surface area contributed by atoms with Crippen LogP contribution in [0.1, 0.15) is 24.8 Å². The summed E-state index contributed by atoms with van der Waals surface area (Å²) >= 11 is 0. The van der Waals surface area contributed by atoms with Crippen LogP contribution in [-0.4, -0.2) is 36.2 Å². The van der Waals surface area contributed by atoms with Crippen LogP contribution in [0, 0.1) is 5.92 Å². The van der Waals surface area contributed by atoms with E-state index < -0.39 is 12.0 Å². The van der Waals surface area contributed by atoms with Crippen LogP contribution in [0.5, 0.6) is 0 Å². The first-order valence-electron chi connectivity index (χ1n) is 7.29. The molecular weight excluding hydrogens is 270 g/mol. The number of carboxylic acids is 1. The number of ether oxygens (including phenoxy) is 1. The van der Waals surface area contributed by atoms with E-state index in [2.05, 4.69) is 5.32 Å². The Morgan fingerprint density at radius 2 is 2.10 bits per heavy atom. The van der Waals surface area contributed by atoms with Crippen molar-refractivity contribution >= 4 is 11.9 Å². The summed E-state index contributed by atoms with van der Waals surface area (Å²) < 4.78 is 5.26. The first-order valence-corrected chi connectivity index (χ1v) is 7.29. The van der Waals surface area contributed by atoms with E-state index in [1.54, 1.807) is 0 Å². The summed E-state index contributed by atoms with van der Waals surface area (Å²) in [5.74, 6) is -0.783. The van der Waals surface area contributed by atoms with Crippen LogP contribution in [0.4, 0.5) is 0 Å². The van der Waals surface area contributed by atoms with Gasteiger partial charge in [-0.25, -0.2) is 4.79 Å². The Bertz CT molecular complexity index is 468. The van der Waals surface area contributed by atoms with Crippen molar-refractivity contribution in [3.8, 4) is 0 Å². The Morgan fingerprint density at radius 1 is 1.33 bits per heavy atom. The quantitative estimate of drug-likeness (QED) is 0.800. The summed E-state index contributed by atoms with van der Waals surface area (Å²) in [5, 5.41) is 11.8. The van der Waals surface area contributed by atoms with E-state index in [4.69, 9.17) is 4.74 Å². The third kappa shape index (κ3) is 5.19. The van der Waals surface area contributed by atoms with Crippen LogP contribution in [0.25, 0.3) is 0 Å². The van der Waals surface area contributed by atoms with Crippen LogP contribution < -0.4 is 5.32 Å². The van der Waals surface area contributed by atoms with Crippen LogP contribution >= 0.6 is 0 Å². The predicted octanol–water partition coefficient (Wildman–Crippen LogP) is 1.62. The lowest BCUT2D eigenvalue weighted by Gasteiger charge is -2.15. The number of amides is 1. The van der Waals surface area contributed by atoms with E-state index >= 15 is 0 Å². The summed E-state index contributed by atoms with van der Waals surface area (Å²) in [6.07, 6.45) is 2.39. The molecule has 0 aliphatic carbocycles. The van der Waals surface area contributed by atoms with Crippen LogP contribution in [-0.2, 0) is 20.7 Å². The van der Waals surface area contributed by atoms with Gasteiger partial charge in [0.1, 0.15) is 6.04 Å². The molecule has 2 rings (SSSR count). The highest BCUT2D eigenvalue weighted by atomic mass is 16.5. The second-order valence-corrected chi connectivity index (χ2v) is 5.42. The second-order valence-electron chi connectivity index (χ2n) is 5.42. The Labute approximate surface area is 124 Å². The number of carbonyl (C=O) groups excluding carboxylic acids is 1. The molecule has 5 heteroatoms. The number of benzene rings is 1. The number of nitrogens with one attached hydrogen (secondary N) is 1. The maximum Gasteiger partial charge on any atom is 0.326 e. The van der Waals surface area contributed by atoms with Crippen molar-refractivity contribution in [3.05, 3.63) is 35.9 Å². The van der Waals surface area contributed by atoms with Crippen LogP contribution in [0.15, 0.2) is 30.3 Å². The van der Waals surface area contributed by atoms with Crippen molar-refractivity contribution in [2.24, 2.45) is 5.92 Å². The SMILES string of the molecule is O=C(CCC1CCOC1)N[C@H](Cc1ccccc1)C(=O)O. The van der Waals surface area contributed by atoms with Gasteiger partial charge in [0.25, 0.3) is 0 Å². The fraction of sp³-hybridized carbons (Fsp3) is 0.500. The number of hydrogen-bond donors (Lipinski definition) is 2. The molecule has 2 atom stereocenters. The zero-order chi connectivity index (χ0) is 15.1. The molecule has 1 fully saturated rings. The standard InChI is InChI=1S/C16H21NO4/c18-15(7-6-13-8-9-21-11-13)17-14(16(19)20)10-12-4-2-1-3-5-12/h1-5,13-14H,6-11H2,(H,17,18)(H,19,20)/t13?,14-/m1/s1. The van der Waals surface area contributed by atoms with Gasteiger partial charge in [0.05, 0.1) is 0 Å². The van der Waals surface area contributed by atoms with Crippen LogP contribution in [0.2, 0.25) is 0 Å². The van der Waals surface area contributed by atoms with Crippen LogP contribution in [0.3, 0.4) is 0 Å². The fourth-order valence-electron chi connectivity index (χ4n) is 2.46. The minimum absolute atomic E-state index is 0.203. The molecule has 1 amide bonds. The maximum atomic E-state index is 11.9. The van der Waals surface area contributed by atoms with Gasteiger partial charge in [-0.05, 0) is 24.3 Å². The molecule has 0 aromatic heterocycles. The van der Waals surface area contributed by atoms with Gasteiger partial charge in [0.2, 0.25) is 5.91 Å². The van der Waals surface area contributed by atoms with E-state index in [1.807, 2.05) is 30.3 Å². The summed E-state index contributed by atoms with van der Waals surface area (Å²) in [6, 6.07) is 8.43. The number of hydrogen-bond acceptors (Lipinski definition) is 3. The van der Waals surface area contributed by atoms with E-state index in [1.165, 1.54) is 0 Å². The molecule has 1 unspecified atom stereocenters. The largest absolute Gasteiger partial charge is 0.480 e. The minimum Gasteiger partial charge on any atom is -0.480 e. The number of carbonyl (C=O) groups is 2. The average molecular weight is 291 g/mol. The number of aliphatic carboxylic acids is 1. The van der Waals surface area contributed by atoms with E-state index in [-0.39, 0.29) is 5.91 Å². The highest BCUT2D eigenvalue weighted by Crippen LogP contribution is 2.17. The molecule has 1 heterocycles. The number of rotatable bonds is 7. The van der Waals surface area contributed by atoms with E-state index in [9.17, 15) is 14.7 Å². The Balaban J connectivity index is 1.81. The average Bonchev–Trinajstić information content (AvgIpc) is 2.99. The molecule has 114 valence electrons. The molecule has 0 spiro atoms. The smallest absolute Gasteiger partial charge is 0.326 e. The molecular formula is C16H21NO4. The summed E-state index contributed by atoms with van der Waals surface area (Å²) in [7, 11) is 0. The maximum absolute atomic E-state index is 11.9. The molecule has 1 saturated heterocycles. The normalized spacial score (nSPS) is 19.1. The van der Waals surface area contributed by atoms with Crippen molar-refractivity contribution in [3.63, 3.8) is 0 Å². The Morgan fingerprint density at radius 3 is 2.71 bits per heavy atom. The lowest BCUT2D eigenvalue weighted by atomic mass is 10.0. The van der Waals surface area contributed by atoms with Gasteiger partial charge in [0, 0.05) is 26.1 Å². The minimum atomic E-state index is -1.00. The highest BCUT2D eigenvalue weighted by molar-refractivity contribution is 5.83. The molecule has 21 heavy (non-hydrogen) atoms.